The summed E-state index contributed by atoms with van der Waals surface area (Å²) in [4.78, 5) is 26.2. The molecule has 1 fully saturated rings. The number of ether oxygens (including phenoxy) is 2. The maximum absolute atomic E-state index is 14.3. The number of rotatable bonds is 7. The fourth-order valence-corrected chi connectivity index (χ4v) is 5.45. The molecule has 0 bridgehead atoms. The molecule has 0 radical (unpaired) electrons. The summed E-state index contributed by atoms with van der Waals surface area (Å²) in [6, 6.07) is 9.43. The molecule has 3 aromatic heterocycles. The second-order valence-electron chi connectivity index (χ2n) is 10.1. The van der Waals surface area contributed by atoms with Gasteiger partial charge < -0.3 is 19.5 Å². The number of methoxy groups -OCH3 is 2. The molecule has 0 unspecified atom stereocenters. The second-order valence-corrected chi connectivity index (χ2v) is 10.1. The molecule has 222 valence electrons. The third kappa shape index (κ3) is 5.37. The Morgan fingerprint density at radius 2 is 1.83 bits per heavy atom. The van der Waals surface area contributed by atoms with Gasteiger partial charge >= 0.3 is 6.18 Å². The normalized spacial score (nSPS) is 17.0. The van der Waals surface area contributed by atoms with Crippen molar-refractivity contribution in [1.29, 1.82) is 0 Å². The van der Waals surface area contributed by atoms with Crippen molar-refractivity contribution in [2.24, 2.45) is 0 Å². The van der Waals surface area contributed by atoms with Crippen molar-refractivity contribution in [3.05, 3.63) is 71.2 Å². The third-order valence-corrected chi connectivity index (χ3v) is 7.63. The topological polar surface area (TPSA) is 105 Å². The van der Waals surface area contributed by atoms with Crippen LogP contribution in [0.2, 0.25) is 0 Å². The van der Waals surface area contributed by atoms with Gasteiger partial charge in [0, 0.05) is 49.1 Å². The number of fused-ring (bicyclic) bond motifs is 1. The zero-order valence-electron chi connectivity index (χ0n) is 23.6. The van der Waals surface area contributed by atoms with Gasteiger partial charge in [-0.3, -0.25) is 9.69 Å². The molecule has 1 aliphatic heterocycles. The van der Waals surface area contributed by atoms with Gasteiger partial charge in [-0.2, -0.15) is 18.3 Å². The molecular formula is C29H31F3N6O4. The average molecular weight is 585 g/mol. The van der Waals surface area contributed by atoms with Crippen LogP contribution < -0.4 is 9.47 Å². The number of carbonyl (C=O) groups is 1. The number of aliphatic hydroxyl groups excluding tert-OH is 1. The number of aromatic nitrogens is 4. The number of nitrogens with zero attached hydrogens (tertiary/aromatic N) is 6. The van der Waals surface area contributed by atoms with E-state index in [4.69, 9.17) is 9.47 Å². The highest BCUT2D eigenvalue weighted by Crippen LogP contribution is 2.37. The summed E-state index contributed by atoms with van der Waals surface area (Å²) in [6.07, 6.45) is -1.95. The van der Waals surface area contributed by atoms with Gasteiger partial charge in [-0.25, -0.2) is 14.5 Å². The molecule has 4 aromatic rings. The van der Waals surface area contributed by atoms with E-state index in [0.29, 0.717) is 41.3 Å². The van der Waals surface area contributed by atoms with E-state index in [0.717, 1.165) is 11.8 Å². The van der Waals surface area contributed by atoms with Gasteiger partial charge in [0.1, 0.15) is 11.3 Å². The Kier molecular flexibility index (Phi) is 8.06. The van der Waals surface area contributed by atoms with E-state index < -0.39 is 17.8 Å². The minimum atomic E-state index is -4.74. The fraction of sp³-hybridized carbons (Fsp3) is 0.379. The monoisotopic (exact) mass is 584 g/mol. The second kappa shape index (κ2) is 11.6. The lowest BCUT2D eigenvalue weighted by atomic mass is 10.0. The van der Waals surface area contributed by atoms with Crippen LogP contribution in [0, 0.1) is 6.92 Å². The Labute approximate surface area is 240 Å². The molecule has 1 aliphatic rings. The van der Waals surface area contributed by atoms with Gasteiger partial charge in [-0.1, -0.05) is 6.07 Å². The standard InChI is InChI=1S/C29H31F3N6O4/c1-17-15-36(23(16-39)20-7-10-24(42-4)33-13-20)11-12-37(17)28(40)22-14-34-38-26(29(30,31)32)18(2)25(35-27(22)38)19-5-8-21(41-3)9-6-19/h5-10,13-14,17,23,39H,11-12,15-16H2,1-4H3/t17-,23-/m1/s1. The first kappa shape index (κ1) is 29.3. The van der Waals surface area contributed by atoms with E-state index in [1.165, 1.54) is 21.1 Å². The number of amides is 1. The average Bonchev–Trinajstić information content (AvgIpc) is 3.40. The maximum Gasteiger partial charge on any atom is 0.433 e. The number of piperazine rings is 1. The number of pyridine rings is 1. The zero-order valence-corrected chi connectivity index (χ0v) is 23.6. The molecule has 0 spiro atoms. The zero-order chi connectivity index (χ0) is 30.2. The number of benzene rings is 1. The molecular weight excluding hydrogens is 553 g/mol. The van der Waals surface area contributed by atoms with Crippen molar-refractivity contribution in [2.45, 2.75) is 32.1 Å². The molecule has 1 aromatic carbocycles. The summed E-state index contributed by atoms with van der Waals surface area (Å²) >= 11 is 0. The van der Waals surface area contributed by atoms with Crippen LogP contribution in [0.15, 0.2) is 48.8 Å². The first-order chi connectivity index (χ1) is 20.1. The summed E-state index contributed by atoms with van der Waals surface area (Å²) in [5, 5.41) is 14.1. The van der Waals surface area contributed by atoms with Crippen LogP contribution in [-0.4, -0.2) is 86.9 Å². The molecule has 0 aliphatic carbocycles. The van der Waals surface area contributed by atoms with Crippen molar-refractivity contribution < 1.29 is 32.5 Å². The minimum Gasteiger partial charge on any atom is -0.497 e. The van der Waals surface area contributed by atoms with Gasteiger partial charge in [0.2, 0.25) is 5.88 Å². The van der Waals surface area contributed by atoms with Crippen molar-refractivity contribution in [2.75, 3.05) is 40.5 Å². The van der Waals surface area contributed by atoms with Gasteiger partial charge in [-0.05, 0) is 43.7 Å². The lowest BCUT2D eigenvalue weighted by Crippen LogP contribution is -2.55. The van der Waals surface area contributed by atoms with Crippen molar-refractivity contribution in [3.8, 4) is 22.9 Å². The van der Waals surface area contributed by atoms with Crippen LogP contribution in [0.4, 0.5) is 13.2 Å². The van der Waals surface area contributed by atoms with E-state index in [1.807, 2.05) is 13.0 Å². The quantitative estimate of drug-likeness (QED) is 0.348. The Morgan fingerprint density at radius 3 is 2.40 bits per heavy atom. The highest BCUT2D eigenvalue weighted by Gasteiger charge is 2.39. The van der Waals surface area contributed by atoms with Gasteiger partial charge in [0.25, 0.3) is 5.91 Å². The van der Waals surface area contributed by atoms with Crippen LogP contribution in [0.25, 0.3) is 16.9 Å². The summed E-state index contributed by atoms with van der Waals surface area (Å²) in [7, 11) is 3.02. The maximum atomic E-state index is 14.3. The largest absolute Gasteiger partial charge is 0.497 e. The molecule has 1 saturated heterocycles. The predicted molar refractivity (Wildman–Crippen MR) is 147 cm³/mol. The van der Waals surface area contributed by atoms with E-state index >= 15 is 0 Å². The van der Waals surface area contributed by atoms with Crippen molar-refractivity contribution in [1.82, 2.24) is 29.4 Å². The van der Waals surface area contributed by atoms with Crippen molar-refractivity contribution >= 4 is 11.6 Å². The van der Waals surface area contributed by atoms with E-state index in [1.54, 1.807) is 41.4 Å². The minimum absolute atomic E-state index is 0.0198. The Balaban J connectivity index is 1.46. The molecule has 1 amide bonds. The third-order valence-electron chi connectivity index (χ3n) is 7.63. The molecule has 0 saturated carbocycles. The molecule has 13 heteroatoms. The summed E-state index contributed by atoms with van der Waals surface area (Å²) in [6.45, 7) is 4.21. The molecule has 2 atom stereocenters. The molecule has 42 heavy (non-hydrogen) atoms. The Hall–Kier alpha value is -4.23. The fourth-order valence-electron chi connectivity index (χ4n) is 5.45. The van der Waals surface area contributed by atoms with Crippen LogP contribution in [-0.2, 0) is 6.18 Å². The number of aliphatic hydroxyl groups is 1. The SMILES string of the molecule is COc1ccc(-c2nc3c(C(=O)N4CCN([C@H](CO)c5ccc(OC)nc5)C[C@H]4C)cnn3c(C(F)(F)F)c2C)cc1. The summed E-state index contributed by atoms with van der Waals surface area (Å²) < 4.78 is 53.9. The van der Waals surface area contributed by atoms with Crippen LogP contribution in [0.3, 0.4) is 0 Å². The number of halogens is 3. The molecule has 5 rings (SSSR count). The van der Waals surface area contributed by atoms with Gasteiger partial charge in [0.15, 0.2) is 11.3 Å². The first-order valence-corrected chi connectivity index (χ1v) is 13.3. The highest BCUT2D eigenvalue weighted by atomic mass is 19.4. The van der Waals surface area contributed by atoms with Crippen LogP contribution in [0.5, 0.6) is 11.6 Å². The van der Waals surface area contributed by atoms with Gasteiger partial charge in [0.05, 0.1) is 38.8 Å². The van der Waals surface area contributed by atoms with E-state index in [9.17, 15) is 23.1 Å². The molecule has 10 nitrogen and oxygen atoms in total. The van der Waals surface area contributed by atoms with Crippen LogP contribution >= 0.6 is 0 Å². The Bertz CT molecular complexity index is 1570. The van der Waals surface area contributed by atoms with Crippen LogP contribution in [0.1, 0.15) is 40.1 Å². The van der Waals surface area contributed by atoms with E-state index in [-0.39, 0.29) is 41.2 Å². The molecule has 1 N–H and O–H groups in total. The van der Waals surface area contributed by atoms with Crippen molar-refractivity contribution in [3.63, 3.8) is 0 Å². The summed E-state index contributed by atoms with van der Waals surface area (Å²) in [5.41, 5.74) is 0.0685. The lowest BCUT2D eigenvalue weighted by Gasteiger charge is -2.42. The smallest absolute Gasteiger partial charge is 0.433 e. The number of alkyl halides is 3. The predicted octanol–water partition coefficient (Wildman–Crippen LogP) is 4.02. The molecule has 4 heterocycles. The lowest BCUT2D eigenvalue weighted by molar-refractivity contribution is -0.143. The van der Waals surface area contributed by atoms with E-state index in [2.05, 4.69) is 20.0 Å². The first-order valence-electron chi connectivity index (χ1n) is 13.3. The van der Waals surface area contributed by atoms with Gasteiger partial charge in [-0.15, -0.1) is 0 Å². The number of hydrogen-bond acceptors (Lipinski definition) is 8. The summed E-state index contributed by atoms with van der Waals surface area (Å²) in [5.74, 6) is 0.544. The number of hydrogen-bond donors (Lipinski definition) is 1. The Morgan fingerprint density at radius 1 is 1.10 bits per heavy atom. The number of carbonyl (C=O) groups excluding carboxylic acids is 1. The highest BCUT2D eigenvalue weighted by molar-refractivity contribution is 6.00.